The normalized spacial score (nSPS) is 18.1. The Kier molecular flexibility index (Phi) is 5.28. The predicted octanol–water partition coefficient (Wildman–Crippen LogP) is 3.82. The van der Waals surface area contributed by atoms with Gasteiger partial charge < -0.3 is 24.4 Å². The Morgan fingerprint density at radius 2 is 2.00 bits per heavy atom. The molecule has 6 nitrogen and oxygen atoms in total. The number of likely N-dealkylation sites (tertiary alicyclic amines) is 1. The molecule has 0 aliphatic carbocycles. The molecule has 1 fully saturated rings. The lowest BCUT2D eigenvalue weighted by Crippen LogP contribution is -2.39. The van der Waals surface area contributed by atoms with E-state index in [1.807, 2.05) is 48.2 Å². The van der Waals surface area contributed by atoms with Crippen LogP contribution in [-0.4, -0.2) is 37.8 Å². The molecular weight excluding hydrogens is 356 g/mol. The van der Waals surface area contributed by atoms with Crippen molar-refractivity contribution in [3.63, 3.8) is 0 Å². The Hall–Kier alpha value is -2.89. The van der Waals surface area contributed by atoms with Crippen molar-refractivity contribution in [3.8, 4) is 17.2 Å². The fourth-order valence-corrected chi connectivity index (χ4v) is 3.95. The summed E-state index contributed by atoms with van der Waals surface area (Å²) in [5.74, 6) is 2.40. The number of aryl methyl sites for hydroxylation is 1. The molecule has 2 amide bonds. The molecule has 0 aromatic heterocycles. The van der Waals surface area contributed by atoms with Gasteiger partial charge in [0.15, 0.2) is 11.5 Å². The largest absolute Gasteiger partial charge is 0.496 e. The zero-order valence-corrected chi connectivity index (χ0v) is 16.4. The zero-order valence-electron chi connectivity index (χ0n) is 16.4. The number of urea groups is 1. The van der Waals surface area contributed by atoms with E-state index in [0.717, 1.165) is 53.3 Å². The van der Waals surface area contributed by atoms with Crippen LogP contribution in [0.25, 0.3) is 0 Å². The van der Waals surface area contributed by atoms with E-state index >= 15 is 0 Å². The van der Waals surface area contributed by atoms with Crippen LogP contribution in [0.5, 0.6) is 17.2 Å². The second-order valence-corrected chi connectivity index (χ2v) is 7.22. The summed E-state index contributed by atoms with van der Waals surface area (Å²) in [6.45, 7) is 4.39. The van der Waals surface area contributed by atoms with Gasteiger partial charge in [0.25, 0.3) is 0 Å². The minimum absolute atomic E-state index is 0.0362. The molecule has 1 unspecified atom stereocenters. The summed E-state index contributed by atoms with van der Waals surface area (Å²) in [6.07, 6.45) is 1.95. The molecule has 4 rings (SSSR count). The van der Waals surface area contributed by atoms with E-state index < -0.39 is 0 Å². The molecule has 2 aromatic rings. The molecule has 1 saturated heterocycles. The van der Waals surface area contributed by atoms with E-state index in [1.54, 1.807) is 7.11 Å². The smallest absolute Gasteiger partial charge is 0.318 e. The van der Waals surface area contributed by atoms with Gasteiger partial charge in [0.1, 0.15) is 19.0 Å². The van der Waals surface area contributed by atoms with Gasteiger partial charge in [-0.1, -0.05) is 18.2 Å². The summed E-state index contributed by atoms with van der Waals surface area (Å²) >= 11 is 0. The van der Waals surface area contributed by atoms with Crippen molar-refractivity contribution in [2.24, 2.45) is 0 Å². The van der Waals surface area contributed by atoms with Crippen molar-refractivity contribution >= 4 is 6.03 Å². The molecule has 28 heavy (non-hydrogen) atoms. The summed E-state index contributed by atoms with van der Waals surface area (Å²) in [5.41, 5.74) is 3.21. The summed E-state index contributed by atoms with van der Waals surface area (Å²) in [5, 5.41) is 3.06. The fraction of sp³-hybridized carbons (Fsp3) is 0.409. The lowest BCUT2D eigenvalue weighted by molar-refractivity contribution is 0.170. The lowest BCUT2D eigenvalue weighted by atomic mass is 10.0. The molecule has 2 aliphatic heterocycles. The SMILES string of the molecule is COc1ccc(CNC(=O)N2CCCC2c2ccc3c(c2)OCCO3)cc1C. The van der Waals surface area contributed by atoms with Crippen LogP contribution in [0, 0.1) is 6.92 Å². The fourth-order valence-electron chi connectivity index (χ4n) is 3.95. The first-order chi connectivity index (χ1) is 13.7. The predicted molar refractivity (Wildman–Crippen MR) is 106 cm³/mol. The number of ether oxygens (including phenoxy) is 3. The van der Waals surface area contributed by atoms with Crippen molar-refractivity contribution in [1.82, 2.24) is 10.2 Å². The number of fused-ring (bicyclic) bond motifs is 1. The highest BCUT2D eigenvalue weighted by molar-refractivity contribution is 5.75. The van der Waals surface area contributed by atoms with Gasteiger partial charge in [-0.3, -0.25) is 0 Å². The number of hydrogen-bond donors (Lipinski definition) is 1. The molecule has 0 saturated carbocycles. The zero-order chi connectivity index (χ0) is 19.5. The maximum Gasteiger partial charge on any atom is 0.318 e. The van der Waals surface area contributed by atoms with E-state index in [4.69, 9.17) is 14.2 Å². The van der Waals surface area contributed by atoms with E-state index in [-0.39, 0.29) is 12.1 Å². The molecule has 2 heterocycles. The van der Waals surface area contributed by atoms with E-state index in [1.165, 1.54) is 0 Å². The van der Waals surface area contributed by atoms with Crippen LogP contribution in [-0.2, 0) is 6.54 Å². The minimum atomic E-state index is -0.0362. The number of carbonyl (C=O) groups excluding carboxylic acids is 1. The van der Waals surface area contributed by atoms with Crippen molar-refractivity contribution in [1.29, 1.82) is 0 Å². The molecule has 148 valence electrons. The first-order valence-electron chi connectivity index (χ1n) is 9.73. The second kappa shape index (κ2) is 8.00. The van der Waals surface area contributed by atoms with Crippen LogP contribution in [0.3, 0.4) is 0 Å². The molecule has 0 radical (unpaired) electrons. The van der Waals surface area contributed by atoms with Gasteiger partial charge in [-0.05, 0) is 54.7 Å². The molecule has 2 aliphatic rings. The van der Waals surface area contributed by atoms with Crippen molar-refractivity contribution in [2.45, 2.75) is 32.4 Å². The van der Waals surface area contributed by atoms with Gasteiger partial charge in [-0.25, -0.2) is 4.79 Å². The van der Waals surface area contributed by atoms with Gasteiger partial charge in [-0.2, -0.15) is 0 Å². The third kappa shape index (κ3) is 3.72. The number of hydrogen-bond acceptors (Lipinski definition) is 4. The number of nitrogens with zero attached hydrogens (tertiary/aromatic N) is 1. The number of nitrogens with one attached hydrogen (secondary N) is 1. The maximum atomic E-state index is 12.8. The van der Waals surface area contributed by atoms with Crippen LogP contribution >= 0.6 is 0 Å². The van der Waals surface area contributed by atoms with E-state index in [9.17, 15) is 4.79 Å². The number of benzene rings is 2. The third-order valence-electron chi connectivity index (χ3n) is 5.37. The molecule has 1 atom stereocenters. The molecular formula is C22H26N2O4. The summed E-state index contributed by atoms with van der Waals surface area (Å²) in [7, 11) is 1.66. The number of amides is 2. The van der Waals surface area contributed by atoms with E-state index in [2.05, 4.69) is 5.32 Å². The minimum Gasteiger partial charge on any atom is -0.496 e. The number of methoxy groups -OCH3 is 1. The van der Waals surface area contributed by atoms with Gasteiger partial charge in [-0.15, -0.1) is 0 Å². The van der Waals surface area contributed by atoms with Crippen LogP contribution in [0.4, 0.5) is 4.79 Å². The molecule has 6 heteroatoms. The Morgan fingerprint density at radius 1 is 1.18 bits per heavy atom. The van der Waals surface area contributed by atoms with Crippen LogP contribution in [0.1, 0.15) is 35.6 Å². The number of rotatable bonds is 4. The maximum absolute atomic E-state index is 12.8. The monoisotopic (exact) mass is 382 g/mol. The van der Waals surface area contributed by atoms with Crippen molar-refractivity contribution in [3.05, 3.63) is 53.1 Å². The molecule has 0 spiro atoms. The molecule has 2 aromatic carbocycles. The standard InChI is InChI=1S/C22H26N2O4/c1-15-12-16(5-7-19(15)26-2)14-23-22(25)24-9-3-4-18(24)17-6-8-20-21(13-17)28-11-10-27-20/h5-8,12-13,18H,3-4,9-11,14H2,1-2H3,(H,23,25). The third-order valence-corrected chi connectivity index (χ3v) is 5.37. The quantitative estimate of drug-likeness (QED) is 0.873. The Labute approximate surface area is 165 Å². The van der Waals surface area contributed by atoms with Gasteiger partial charge >= 0.3 is 6.03 Å². The van der Waals surface area contributed by atoms with Crippen LogP contribution < -0.4 is 19.5 Å². The first-order valence-corrected chi connectivity index (χ1v) is 9.73. The summed E-state index contributed by atoms with van der Waals surface area (Å²) in [4.78, 5) is 14.8. The van der Waals surface area contributed by atoms with Gasteiger partial charge in [0.05, 0.1) is 13.2 Å². The molecule has 0 bridgehead atoms. The Bertz CT molecular complexity index is 868. The summed E-state index contributed by atoms with van der Waals surface area (Å²) < 4.78 is 16.6. The van der Waals surface area contributed by atoms with Gasteiger partial charge in [0, 0.05) is 13.1 Å². The van der Waals surface area contributed by atoms with Gasteiger partial charge in [0.2, 0.25) is 0 Å². The highest BCUT2D eigenvalue weighted by Crippen LogP contribution is 2.38. The average molecular weight is 382 g/mol. The van der Waals surface area contributed by atoms with Crippen LogP contribution in [0.15, 0.2) is 36.4 Å². The Morgan fingerprint density at radius 3 is 2.79 bits per heavy atom. The highest BCUT2D eigenvalue weighted by Gasteiger charge is 2.30. The highest BCUT2D eigenvalue weighted by atomic mass is 16.6. The van der Waals surface area contributed by atoms with E-state index in [0.29, 0.717) is 19.8 Å². The summed E-state index contributed by atoms with van der Waals surface area (Å²) in [6, 6.07) is 12.0. The topological polar surface area (TPSA) is 60.0 Å². The second-order valence-electron chi connectivity index (χ2n) is 7.22. The van der Waals surface area contributed by atoms with Crippen LogP contribution in [0.2, 0.25) is 0 Å². The lowest BCUT2D eigenvalue weighted by Gasteiger charge is -2.27. The Balaban J connectivity index is 1.43. The van der Waals surface area contributed by atoms with Crippen molar-refractivity contribution in [2.75, 3.05) is 26.9 Å². The van der Waals surface area contributed by atoms with Crippen molar-refractivity contribution < 1.29 is 19.0 Å². The first kappa shape index (κ1) is 18.5. The molecule has 1 N–H and O–H groups in total. The average Bonchev–Trinajstić information content (AvgIpc) is 3.22. The number of carbonyl (C=O) groups is 1.